The standard InChI is InChI=1S/C33H42FN7O2/c1-4-39(20(2)3)32(42)26-16-24(34)7-8-28(26)41-12-11-40(31-29(41)17-35-19-36-31)25-9-10-38(18-25)33(43)30-23-14-22(13-21-5-6-21)27(15-23)37-30/h7-8,15-17,19-22,25,27,30,37H,4-6,9-14,18H2,1-3H3/t22-,25?,27-,30-/m0/s1. The number of anilines is 3. The zero-order chi connectivity index (χ0) is 29.8. The van der Waals surface area contributed by atoms with Gasteiger partial charge in [0.1, 0.15) is 23.9 Å². The van der Waals surface area contributed by atoms with Gasteiger partial charge < -0.3 is 19.6 Å². The summed E-state index contributed by atoms with van der Waals surface area (Å²) in [5.41, 5.74) is 3.07. The monoisotopic (exact) mass is 587 g/mol. The van der Waals surface area contributed by atoms with Gasteiger partial charge in [-0.1, -0.05) is 18.9 Å². The molecule has 1 saturated carbocycles. The van der Waals surface area contributed by atoms with Crippen molar-refractivity contribution in [3.8, 4) is 0 Å². The number of rotatable bonds is 8. The predicted octanol–water partition coefficient (Wildman–Crippen LogP) is 4.13. The van der Waals surface area contributed by atoms with Crippen LogP contribution < -0.4 is 15.1 Å². The maximum absolute atomic E-state index is 14.5. The highest BCUT2D eigenvalue weighted by Gasteiger charge is 2.46. The zero-order valence-corrected chi connectivity index (χ0v) is 25.4. The number of aromatic nitrogens is 2. The van der Waals surface area contributed by atoms with Gasteiger partial charge in [0.15, 0.2) is 5.82 Å². The maximum atomic E-state index is 14.5. The fourth-order valence-corrected chi connectivity index (χ4v) is 7.76. The van der Waals surface area contributed by atoms with Gasteiger partial charge >= 0.3 is 0 Å². The summed E-state index contributed by atoms with van der Waals surface area (Å²) in [6, 6.07) is 4.74. The smallest absolute Gasteiger partial charge is 0.256 e. The lowest BCUT2D eigenvalue weighted by Gasteiger charge is -2.41. The fraction of sp³-hybridized carbons (Fsp3) is 0.576. The van der Waals surface area contributed by atoms with Crippen molar-refractivity contribution in [2.75, 3.05) is 42.5 Å². The lowest BCUT2D eigenvalue weighted by molar-refractivity contribution is -0.131. The topological polar surface area (TPSA) is 84.9 Å². The first-order valence-electron chi connectivity index (χ1n) is 16.0. The highest BCUT2D eigenvalue weighted by molar-refractivity contribution is 6.01. The van der Waals surface area contributed by atoms with Gasteiger partial charge in [-0.25, -0.2) is 14.4 Å². The number of benzene rings is 1. The molecule has 2 aliphatic carbocycles. The summed E-state index contributed by atoms with van der Waals surface area (Å²) in [6.45, 7) is 9.04. The number of piperidine rings is 1. The Morgan fingerprint density at radius 2 is 1.98 bits per heavy atom. The summed E-state index contributed by atoms with van der Waals surface area (Å²) in [5.74, 6) is 1.91. The molecule has 1 unspecified atom stereocenters. The minimum Gasteiger partial charge on any atom is -0.348 e. The number of nitrogens with one attached hydrogen (secondary N) is 1. The highest BCUT2D eigenvalue weighted by Crippen LogP contribution is 2.44. The zero-order valence-electron chi connectivity index (χ0n) is 25.4. The molecule has 1 aromatic heterocycles. The molecule has 2 fully saturated rings. The normalized spacial score (nSPS) is 26.3. The molecule has 4 heterocycles. The Bertz CT molecular complexity index is 1440. The number of carbonyl (C=O) groups is 2. The van der Waals surface area contributed by atoms with Crippen LogP contribution in [0.4, 0.5) is 21.6 Å². The molecule has 43 heavy (non-hydrogen) atoms. The molecule has 4 atom stereocenters. The van der Waals surface area contributed by atoms with Gasteiger partial charge in [0.25, 0.3) is 5.91 Å². The molecule has 1 saturated heterocycles. The SMILES string of the molecule is CCN(C(=O)c1cc(F)ccc1N1CCN(C2CCN(C(=O)[C@H]3N[C@H]4C=C3C[C@@H]4CC3CC3)C2)c2ncncc21)C(C)C. The van der Waals surface area contributed by atoms with Gasteiger partial charge in [-0.3, -0.25) is 14.9 Å². The van der Waals surface area contributed by atoms with Crippen molar-refractivity contribution < 1.29 is 14.0 Å². The summed E-state index contributed by atoms with van der Waals surface area (Å²) >= 11 is 0. The van der Waals surface area contributed by atoms with Gasteiger partial charge in [-0.15, -0.1) is 0 Å². The number of nitrogens with zero attached hydrogens (tertiary/aromatic N) is 6. The first-order chi connectivity index (χ1) is 20.8. The second-order valence-electron chi connectivity index (χ2n) is 13.2. The number of fused-ring (bicyclic) bond motifs is 2. The van der Waals surface area contributed by atoms with Crippen LogP contribution in [0.1, 0.15) is 63.2 Å². The Morgan fingerprint density at radius 1 is 1.14 bits per heavy atom. The first-order valence-corrected chi connectivity index (χ1v) is 16.0. The lowest BCUT2D eigenvalue weighted by atomic mass is 9.89. The quantitative estimate of drug-likeness (QED) is 0.465. The van der Waals surface area contributed by atoms with Crippen molar-refractivity contribution in [3.63, 3.8) is 0 Å². The Morgan fingerprint density at radius 3 is 2.70 bits per heavy atom. The van der Waals surface area contributed by atoms with E-state index in [1.54, 1.807) is 23.5 Å². The van der Waals surface area contributed by atoms with Crippen LogP contribution >= 0.6 is 0 Å². The van der Waals surface area contributed by atoms with E-state index in [4.69, 9.17) is 0 Å². The Kier molecular flexibility index (Phi) is 7.35. The van der Waals surface area contributed by atoms with E-state index in [1.807, 2.05) is 30.6 Å². The lowest BCUT2D eigenvalue weighted by Crippen LogP contribution is -2.52. The van der Waals surface area contributed by atoms with Crippen LogP contribution in [0.2, 0.25) is 0 Å². The van der Waals surface area contributed by atoms with Gasteiger partial charge in [-0.2, -0.15) is 0 Å². The van der Waals surface area contributed by atoms with Crippen molar-refractivity contribution in [2.24, 2.45) is 11.8 Å². The largest absolute Gasteiger partial charge is 0.348 e. The molecule has 7 rings (SSSR count). The molecule has 0 radical (unpaired) electrons. The third-order valence-electron chi connectivity index (χ3n) is 10.1. The van der Waals surface area contributed by atoms with Crippen molar-refractivity contribution in [2.45, 2.75) is 77.0 Å². The second-order valence-corrected chi connectivity index (χ2v) is 13.2. The van der Waals surface area contributed by atoms with Gasteiger partial charge in [0.05, 0.1) is 17.4 Å². The Hall–Kier alpha value is -3.53. The Labute approximate surface area is 253 Å². The molecule has 3 aliphatic heterocycles. The van der Waals surface area contributed by atoms with Crippen LogP contribution in [0, 0.1) is 17.7 Å². The minimum atomic E-state index is -0.440. The van der Waals surface area contributed by atoms with E-state index in [-0.39, 0.29) is 29.9 Å². The van der Waals surface area contributed by atoms with Crippen molar-refractivity contribution in [1.82, 2.24) is 25.1 Å². The third-order valence-corrected chi connectivity index (χ3v) is 10.1. The molecular weight excluding hydrogens is 545 g/mol. The summed E-state index contributed by atoms with van der Waals surface area (Å²) in [7, 11) is 0. The highest BCUT2D eigenvalue weighted by atomic mass is 19.1. The number of hydrogen-bond donors (Lipinski definition) is 1. The van der Waals surface area contributed by atoms with E-state index in [1.165, 1.54) is 37.0 Å². The molecule has 2 aromatic rings. The number of amides is 2. The first kappa shape index (κ1) is 28.3. The molecule has 9 nitrogen and oxygen atoms in total. The van der Waals surface area contributed by atoms with Crippen LogP contribution in [0.15, 0.2) is 42.4 Å². The fourth-order valence-electron chi connectivity index (χ4n) is 7.76. The second kappa shape index (κ2) is 11.2. The van der Waals surface area contributed by atoms with Crippen LogP contribution in [0.25, 0.3) is 0 Å². The number of hydrogen-bond acceptors (Lipinski definition) is 7. The predicted molar refractivity (Wildman–Crippen MR) is 164 cm³/mol. The van der Waals surface area contributed by atoms with Crippen LogP contribution in [-0.2, 0) is 4.79 Å². The molecule has 228 valence electrons. The molecule has 1 aromatic carbocycles. The summed E-state index contributed by atoms with van der Waals surface area (Å²) in [5, 5.41) is 3.64. The van der Waals surface area contributed by atoms with Gasteiger partial charge in [-0.05, 0) is 75.6 Å². The third kappa shape index (κ3) is 5.17. The Balaban J connectivity index is 1.07. The maximum Gasteiger partial charge on any atom is 0.256 e. The number of halogens is 1. The average molecular weight is 588 g/mol. The number of likely N-dealkylation sites (tertiary alicyclic amines) is 1. The molecule has 2 bridgehead atoms. The summed E-state index contributed by atoms with van der Waals surface area (Å²) < 4.78 is 14.5. The van der Waals surface area contributed by atoms with Crippen molar-refractivity contribution >= 4 is 29.0 Å². The molecule has 0 spiro atoms. The van der Waals surface area contributed by atoms with Crippen LogP contribution in [0.3, 0.4) is 0 Å². The van der Waals surface area contributed by atoms with Gasteiger partial charge in [0, 0.05) is 50.8 Å². The van der Waals surface area contributed by atoms with Gasteiger partial charge in [0.2, 0.25) is 5.91 Å². The molecule has 1 N–H and O–H groups in total. The van der Waals surface area contributed by atoms with E-state index in [9.17, 15) is 14.0 Å². The van der Waals surface area contributed by atoms with Crippen LogP contribution in [0.5, 0.6) is 0 Å². The molecular formula is C33H42FN7O2. The molecule has 2 amide bonds. The van der Waals surface area contributed by atoms with Crippen molar-refractivity contribution in [3.05, 3.63) is 53.8 Å². The molecule has 10 heteroatoms. The minimum absolute atomic E-state index is 0.0100. The van der Waals surface area contributed by atoms with Crippen molar-refractivity contribution in [1.29, 1.82) is 0 Å². The summed E-state index contributed by atoms with van der Waals surface area (Å²) in [4.78, 5) is 44.3. The van der Waals surface area contributed by atoms with E-state index in [0.717, 1.165) is 36.8 Å². The van der Waals surface area contributed by atoms with E-state index < -0.39 is 5.82 Å². The van der Waals surface area contributed by atoms with E-state index in [2.05, 4.69) is 26.3 Å². The van der Waals surface area contributed by atoms with E-state index in [0.29, 0.717) is 49.4 Å². The van der Waals surface area contributed by atoms with Crippen LogP contribution in [-0.4, -0.2) is 88.5 Å². The number of carbonyl (C=O) groups excluding carboxylic acids is 2. The average Bonchev–Trinajstić information content (AvgIpc) is 3.36. The molecule has 5 aliphatic rings. The summed E-state index contributed by atoms with van der Waals surface area (Å²) in [6.07, 6.45) is 11.6. The van der Waals surface area contributed by atoms with E-state index >= 15 is 0 Å².